The molecule has 4 rings (SSSR count). The van der Waals surface area contributed by atoms with Crippen molar-refractivity contribution in [2.75, 3.05) is 5.75 Å². The second-order valence-electron chi connectivity index (χ2n) is 5.28. The second kappa shape index (κ2) is 6.86. The van der Waals surface area contributed by atoms with Crippen molar-refractivity contribution >= 4 is 28.6 Å². The molecule has 2 aromatic heterocycles. The molecule has 0 atom stereocenters. The maximum absolute atomic E-state index is 12.1. The van der Waals surface area contributed by atoms with Gasteiger partial charge in [-0.2, -0.15) is 0 Å². The van der Waals surface area contributed by atoms with Gasteiger partial charge in [0.05, 0.1) is 11.3 Å². The maximum atomic E-state index is 12.1. The van der Waals surface area contributed by atoms with Crippen molar-refractivity contribution in [1.82, 2.24) is 25.2 Å². The van der Waals surface area contributed by atoms with Crippen LogP contribution in [-0.2, 0) is 6.54 Å². The third-order valence-corrected chi connectivity index (χ3v) is 4.39. The van der Waals surface area contributed by atoms with Crippen LogP contribution in [0.1, 0.15) is 16.2 Å². The number of hydrogen-bond donors (Lipinski definition) is 0. The van der Waals surface area contributed by atoms with Crippen LogP contribution in [0.25, 0.3) is 11.0 Å². The zero-order valence-corrected chi connectivity index (χ0v) is 13.9. The molecule has 0 unspecified atom stereocenters. The summed E-state index contributed by atoms with van der Waals surface area (Å²) in [5, 5.41) is 16.5. The maximum Gasteiger partial charge on any atom is 0.277 e. The van der Waals surface area contributed by atoms with Crippen LogP contribution in [0.15, 0.2) is 64.2 Å². The van der Waals surface area contributed by atoms with Crippen LogP contribution in [0.4, 0.5) is 0 Å². The Morgan fingerprint density at radius 1 is 1.00 bits per heavy atom. The molecule has 0 saturated carbocycles. The smallest absolute Gasteiger partial charge is 0.277 e. The lowest BCUT2D eigenvalue weighted by Gasteiger charge is -1.98. The van der Waals surface area contributed by atoms with Crippen LogP contribution in [0.5, 0.6) is 0 Å². The number of carbonyl (C=O) groups excluding carboxylic acids is 1. The van der Waals surface area contributed by atoms with Gasteiger partial charge in [-0.3, -0.25) is 4.79 Å². The number of Topliss-reactive ketones (excluding diaryl/α,β-unsaturated/α-hetero) is 1. The number of hydrogen-bond acceptors (Lipinski definition) is 7. The lowest BCUT2D eigenvalue weighted by atomic mass is 10.2. The predicted molar refractivity (Wildman–Crippen MR) is 92.4 cm³/mol. The van der Waals surface area contributed by atoms with Crippen LogP contribution in [0.2, 0.25) is 0 Å². The molecule has 2 heterocycles. The van der Waals surface area contributed by atoms with Crippen molar-refractivity contribution in [2.45, 2.75) is 11.8 Å². The number of thioether (sulfide) groups is 1. The monoisotopic (exact) mass is 351 g/mol. The summed E-state index contributed by atoms with van der Waals surface area (Å²) in [6, 6.07) is 16.8. The molecule has 0 aliphatic rings. The van der Waals surface area contributed by atoms with E-state index >= 15 is 0 Å². The van der Waals surface area contributed by atoms with Gasteiger partial charge in [0.25, 0.3) is 5.22 Å². The highest BCUT2D eigenvalue weighted by atomic mass is 32.2. The topological polar surface area (TPSA) is 86.7 Å². The van der Waals surface area contributed by atoms with Gasteiger partial charge < -0.3 is 4.42 Å². The molecule has 0 radical (unpaired) electrons. The molecule has 25 heavy (non-hydrogen) atoms. The molecule has 0 amide bonds. The molecule has 0 N–H and O–H groups in total. The molecule has 7 nitrogen and oxygen atoms in total. The Kier molecular flexibility index (Phi) is 4.26. The van der Waals surface area contributed by atoms with Crippen LogP contribution in [-0.4, -0.2) is 36.7 Å². The summed E-state index contributed by atoms with van der Waals surface area (Å²) < 4.78 is 7.29. The summed E-state index contributed by atoms with van der Waals surface area (Å²) in [7, 11) is 0. The van der Waals surface area contributed by atoms with Crippen LogP contribution >= 0.6 is 11.8 Å². The summed E-state index contributed by atoms with van der Waals surface area (Å²) in [4.78, 5) is 12.1. The number of benzene rings is 2. The SMILES string of the molecule is O=C(CSc1nnc(Cn2nnc3ccccc32)o1)c1ccccc1. The van der Waals surface area contributed by atoms with Gasteiger partial charge in [0.1, 0.15) is 12.1 Å². The highest BCUT2D eigenvalue weighted by molar-refractivity contribution is 7.99. The highest BCUT2D eigenvalue weighted by Gasteiger charge is 2.13. The average molecular weight is 351 g/mol. The number of rotatable bonds is 6. The minimum atomic E-state index is 0.0209. The van der Waals surface area contributed by atoms with E-state index in [1.165, 1.54) is 11.8 Å². The molecular formula is C17H13N5O2S. The van der Waals surface area contributed by atoms with E-state index in [1.54, 1.807) is 16.8 Å². The van der Waals surface area contributed by atoms with Crippen LogP contribution in [0.3, 0.4) is 0 Å². The number of ketones is 1. The van der Waals surface area contributed by atoms with Crippen molar-refractivity contribution in [2.24, 2.45) is 0 Å². The first-order chi connectivity index (χ1) is 12.3. The van der Waals surface area contributed by atoms with Gasteiger partial charge in [0.15, 0.2) is 5.78 Å². The fraction of sp³-hybridized carbons (Fsp3) is 0.118. The Bertz CT molecular complexity index is 1010. The van der Waals surface area contributed by atoms with E-state index in [0.29, 0.717) is 23.2 Å². The summed E-state index contributed by atoms with van der Waals surface area (Å²) >= 11 is 1.23. The number of fused-ring (bicyclic) bond motifs is 1. The molecule has 2 aromatic carbocycles. The molecule has 0 bridgehead atoms. The van der Waals surface area contributed by atoms with Crippen molar-refractivity contribution < 1.29 is 9.21 Å². The Balaban J connectivity index is 1.41. The number of aromatic nitrogens is 5. The minimum absolute atomic E-state index is 0.0209. The summed E-state index contributed by atoms with van der Waals surface area (Å²) in [6.45, 7) is 0.334. The third-order valence-electron chi connectivity index (χ3n) is 3.58. The third kappa shape index (κ3) is 3.43. The lowest BCUT2D eigenvalue weighted by molar-refractivity contribution is 0.102. The van der Waals surface area contributed by atoms with Crippen LogP contribution in [0, 0.1) is 0 Å². The zero-order chi connectivity index (χ0) is 17.1. The van der Waals surface area contributed by atoms with Gasteiger partial charge >= 0.3 is 0 Å². The number of para-hydroxylation sites is 1. The van der Waals surface area contributed by atoms with Gasteiger partial charge in [-0.05, 0) is 12.1 Å². The Morgan fingerprint density at radius 3 is 2.68 bits per heavy atom. The van der Waals surface area contributed by atoms with Gasteiger partial charge in [-0.25, -0.2) is 4.68 Å². The Morgan fingerprint density at radius 2 is 1.80 bits per heavy atom. The lowest BCUT2D eigenvalue weighted by Crippen LogP contribution is -2.02. The van der Waals surface area contributed by atoms with E-state index in [9.17, 15) is 4.79 Å². The predicted octanol–water partition coefficient (Wildman–Crippen LogP) is 2.84. The first kappa shape index (κ1) is 15.5. The standard InChI is InChI=1S/C17H13N5O2S/c23-15(12-6-2-1-3-7-12)11-25-17-20-19-16(24-17)10-22-14-9-5-4-8-13(14)18-21-22/h1-9H,10-11H2. The zero-order valence-electron chi connectivity index (χ0n) is 13.1. The van der Waals surface area contributed by atoms with Gasteiger partial charge in [-0.1, -0.05) is 59.4 Å². The molecule has 4 aromatic rings. The molecule has 0 aliphatic heterocycles. The molecule has 0 saturated heterocycles. The van der Waals surface area contributed by atoms with E-state index < -0.39 is 0 Å². The number of carbonyl (C=O) groups is 1. The van der Waals surface area contributed by atoms with Gasteiger partial charge in [0.2, 0.25) is 5.89 Å². The molecule has 8 heteroatoms. The molecule has 124 valence electrons. The fourth-order valence-electron chi connectivity index (χ4n) is 2.36. The molecule has 0 fully saturated rings. The van der Waals surface area contributed by atoms with Gasteiger partial charge in [-0.15, -0.1) is 15.3 Å². The van der Waals surface area contributed by atoms with E-state index in [-0.39, 0.29) is 11.5 Å². The normalized spacial score (nSPS) is 11.0. The average Bonchev–Trinajstić information content (AvgIpc) is 3.28. The Labute approximate surface area is 147 Å². The fourth-order valence-corrected chi connectivity index (χ4v) is 3.03. The largest absolute Gasteiger partial charge is 0.414 e. The van der Waals surface area contributed by atoms with E-state index in [2.05, 4.69) is 20.5 Å². The van der Waals surface area contributed by atoms with Gasteiger partial charge in [0, 0.05) is 5.56 Å². The first-order valence-electron chi connectivity index (χ1n) is 7.61. The van der Waals surface area contributed by atoms with Crippen molar-refractivity contribution in [3.05, 3.63) is 66.1 Å². The summed E-state index contributed by atoms with van der Waals surface area (Å²) in [6.07, 6.45) is 0. The molecule has 0 aliphatic carbocycles. The van der Waals surface area contributed by atoms with Crippen LogP contribution < -0.4 is 0 Å². The number of nitrogens with zero attached hydrogens (tertiary/aromatic N) is 5. The first-order valence-corrected chi connectivity index (χ1v) is 8.60. The summed E-state index contributed by atoms with van der Waals surface area (Å²) in [5.74, 6) is 0.690. The van der Waals surface area contributed by atoms with E-state index in [0.717, 1.165) is 11.0 Å². The minimum Gasteiger partial charge on any atom is -0.414 e. The molecular weight excluding hydrogens is 338 g/mol. The quantitative estimate of drug-likeness (QED) is 0.390. The summed E-state index contributed by atoms with van der Waals surface area (Å²) in [5.41, 5.74) is 2.38. The molecule has 0 spiro atoms. The van der Waals surface area contributed by atoms with Crippen molar-refractivity contribution in [3.63, 3.8) is 0 Å². The second-order valence-corrected chi connectivity index (χ2v) is 6.20. The van der Waals surface area contributed by atoms with Crippen molar-refractivity contribution in [1.29, 1.82) is 0 Å². The van der Waals surface area contributed by atoms with E-state index in [1.807, 2.05) is 42.5 Å². The van der Waals surface area contributed by atoms with E-state index in [4.69, 9.17) is 4.42 Å². The van der Waals surface area contributed by atoms with Crippen molar-refractivity contribution in [3.8, 4) is 0 Å². The highest BCUT2D eigenvalue weighted by Crippen LogP contribution is 2.19. The Hall–Kier alpha value is -3.00.